The summed E-state index contributed by atoms with van der Waals surface area (Å²) >= 11 is 0. The van der Waals surface area contributed by atoms with E-state index in [1.165, 1.54) is 22.5 Å². The number of nitrogens with one attached hydrogen (secondary N) is 1. The first kappa shape index (κ1) is 20.3. The van der Waals surface area contributed by atoms with Crippen molar-refractivity contribution in [1.29, 1.82) is 0 Å². The third-order valence-corrected chi connectivity index (χ3v) is 6.63. The Balaban J connectivity index is 1.50. The first-order valence-electron chi connectivity index (χ1n) is 9.19. The van der Waals surface area contributed by atoms with E-state index in [4.69, 9.17) is 0 Å². The predicted octanol–water partition coefficient (Wildman–Crippen LogP) is 2.02. The molecule has 0 atom stereocenters. The molecule has 0 saturated carbocycles. The molecule has 1 aliphatic heterocycles. The van der Waals surface area contributed by atoms with Crippen molar-refractivity contribution < 1.29 is 17.6 Å². The maximum absolute atomic E-state index is 13.6. The maximum atomic E-state index is 13.6. The second-order valence-corrected chi connectivity index (χ2v) is 8.87. The first-order chi connectivity index (χ1) is 13.4. The van der Waals surface area contributed by atoms with Crippen molar-refractivity contribution in [1.82, 2.24) is 9.62 Å². The molecule has 1 saturated heterocycles. The smallest absolute Gasteiger partial charge is 0.254 e. The summed E-state index contributed by atoms with van der Waals surface area (Å²) in [5.41, 5.74) is 2.17. The van der Waals surface area contributed by atoms with Gasteiger partial charge in [-0.15, -0.1) is 0 Å². The van der Waals surface area contributed by atoms with Crippen molar-refractivity contribution in [2.75, 3.05) is 43.4 Å². The Labute approximate surface area is 165 Å². The van der Waals surface area contributed by atoms with Gasteiger partial charge < -0.3 is 10.2 Å². The van der Waals surface area contributed by atoms with Crippen LogP contribution in [-0.4, -0.2) is 57.1 Å². The van der Waals surface area contributed by atoms with E-state index in [9.17, 15) is 17.6 Å². The van der Waals surface area contributed by atoms with Gasteiger partial charge in [-0.1, -0.05) is 24.3 Å². The molecule has 1 aliphatic rings. The summed E-state index contributed by atoms with van der Waals surface area (Å²) in [7, 11) is -3.49. The number of rotatable bonds is 6. The van der Waals surface area contributed by atoms with Gasteiger partial charge in [-0.25, -0.2) is 12.8 Å². The molecule has 0 aliphatic carbocycles. The number of nitrogens with zero attached hydrogens (tertiary/aromatic N) is 2. The molecule has 3 rings (SSSR count). The van der Waals surface area contributed by atoms with Crippen molar-refractivity contribution in [3.05, 3.63) is 65.5 Å². The summed E-state index contributed by atoms with van der Waals surface area (Å²) < 4.78 is 40.2. The molecule has 0 radical (unpaired) electrons. The molecule has 6 nitrogen and oxygen atoms in total. The van der Waals surface area contributed by atoms with E-state index in [1.807, 2.05) is 25.1 Å². The third-order valence-electron chi connectivity index (χ3n) is 4.76. The summed E-state index contributed by atoms with van der Waals surface area (Å²) in [5, 5.41) is 2.48. The molecule has 2 aromatic rings. The minimum atomic E-state index is -3.49. The first-order valence-corrected chi connectivity index (χ1v) is 10.8. The second-order valence-electron chi connectivity index (χ2n) is 6.78. The number of benzene rings is 2. The van der Waals surface area contributed by atoms with Gasteiger partial charge in [0.05, 0.1) is 11.3 Å². The van der Waals surface area contributed by atoms with Gasteiger partial charge in [0.1, 0.15) is 5.82 Å². The number of hydrogen-bond donors (Lipinski definition) is 1. The number of halogens is 1. The molecule has 0 bridgehead atoms. The Morgan fingerprint density at radius 2 is 1.79 bits per heavy atom. The molecule has 150 valence electrons. The van der Waals surface area contributed by atoms with Crippen LogP contribution in [0.3, 0.4) is 0 Å². The van der Waals surface area contributed by atoms with Crippen LogP contribution in [0.15, 0.2) is 48.5 Å². The van der Waals surface area contributed by atoms with E-state index in [0.29, 0.717) is 26.2 Å². The zero-order chi connectivity index (χ0) is 20.1. The van der Waals surface area contributed by atoms with Crippen molar-refractivity contribution in [2.24, 2.45) is 0 Å². The van der Waals surface area contributed by atoms with Crippen LogP contribution >= 0.6 is 0 Å². The zero-order valence-electron chi connectivity index (χ0n) is 15.8. The highest BCUT2D eigenvalue weighted by atomic mass is 32.2. The number of hydrogen-bond acceptors (Lipinski definition) is 4. The lowest BCUT2D eigenvalue weighted by Crippen LogP contribution is -2.50. The zero-order valence-corrected chi connectivity index (χ0v) is 16.6. The fourth-order valence-corrected chi connectivity index (χ4v) is 4.55. The molecule has 1 amide bonds. The summed E-state index contributed by atoms with van der Waals surface area (Å²) in [6.45, 7) is 4.00. The van der Waals surface area contributed by atoms with Crippen molar-refractivity contribution >= 4 is 21.6 Å². The maximum Gasteiger partial charge on any atom is 0.254 e. The lowest BCUT2D eigenvalue weighted by Gasteiger charge is -2.35. The molecule has 0 aromatic heterocycles. The molecule has 0 spiro atoms. The van der Waals surface area contributed by atoms with Crippen molar-refractivity contribution in [2.45, 2.75) is 6.92 Å². The Kier molecular flexibility index (Phi) is 6.31. The SMILES string of the molecule is Cc1cccc(N2CCN(S(=O)(=O)CCNC(=O)c3ccccc3F)CC2)c1. The van der Waals surface area contributed by atoms with Crippen LogP contribution in [0, 0.1) is 12.7 Å². The van der Waals surface area contributed by atoms with Gasteiger partial charge in [-0.2, -0.15) is 4.31 Å². The van der Waals surface area contributed by atoms with Crippen LogP contribution in [0.25, 0.3) is 0 Å². The Bertz CT molecular complexity index is 941. The molecule has 1 heterocycles. The van der Waals surface area contributed by atoms with Gasteiger partial charge in [0, 0.05) is 38.4 Å². The molecular weight excluding hydrogens is 381 g/mol. The molecule has 2 aromatic carbocycles. The molecule has 8 heteroatoms. The summed E-state index contributed by atoms with van der Waals surface area (Å²) in [6.07, 6.45) is 0. The van der Waals surface area contributed by atoms with E-state index in [-0.39, 0.29) is 17.9 Å². The number of anilines is 1. The summed E-state index contributed by atoms with van der Waals surface area (Å²) in [5.74, 6) is -1.45. The van der Waals surface area contributed by atoms with E-state index < -0.39 is 21.7 Å². The standard InChI is InChI=1S/C20H24FN3O3S/c1-16-5-4-6-17(15-16)23-10-12-24(13-11-23)28(26,27)14-9-22-20(25)18-7-2-3-8-19(18)21/h2-8,15H,9-14H2,1H3,(H,22,25). The van der Waals surface area contributed by atoms with Crippen LogP contribution in [0.5, 0.6) is 0 Å². The topological polar surface area (TPSA) is 69.7 Å². The van der Waals surface area contributed by atoms with Gasteiger partial charge in [0.2, 0.25) is 10.0 Å². The number of aryl methyl sites for hydroxylation is 1. The van der Waals surface area contributed by atoms with Gasteiger partial charge in [0.25, 0.3) is 5.91 Å². The molecule has 1 N–H and O–H groups in total. The number of carbonyl (C=O) groups excluding carboxylic acids is 1. The van der Waals surface area contributed by atoms with Crippen LogP contribution in [0.1, 0.15) is 15.9 Å². The van der Waals surface area contributed by atoms with Crippen LogP contribution in [-0.2, 0) is 10.0 Å². The predicted molar refractivity (Wildman–Crippen MR) is 107 cm³/mol. The van der Waals surface area contributed by atoms with E-state index in [2.05, 4.69) is 16.3 Å². The number of carbonyl (C=O) groups is 1. The largest absolute Gasteiger partial charge is 0.369 e. The lowest BCUT2D eigenvalue weighted by atomic mass is 10.2. The highest BCUT2D eigenvalue weighted by Crippen LogP contribution is 2.19. The van der Waals surface area contributed by atoms with Crippen LogP contribution in [0.2, 0.25) is 0 Å². The van der Waals surface area contributed by atoms with E-state index >= 15 is 0 Å². The van der Waals surface area contributed by atoms with E-state index in [1.54, 1.807) is 6.07 Å². The molecule has 28 heavy (non-hydrogen) atoms. The number of piperazine rings is 1. The average Bonchev–Trinajstić information content (AvgIpc) is 2.68. The Hall–Kier alpha value is -2.45. The minimum Gasteiger partial charge on any atom is -0.369 e. The highest BCUT2D eigenvalue weighted by molar-refractivity contribution is 7.89. The summed E-state index contributed by atoms with van der Waals surface area (Å²) in [4.78, 5) is 14.2. The number of sulfonamides is 1. The number of amides is 1. The molecule has 0 unspecified atom stereocenters. The normalized spacial score (nSPS) is 15.4. The Morgan fingerprint density at radius 1 is 1.07 bits per heavy atom. The van der Waals surface area contributed by atoms with Gasteiger partial charge in [-0.3, -0.25) is 4.79 Å². The van der Waals surface area contributed by atoms with Crippen LogP contribution in [0.4, 0.5) is 10.1 Å². The van der Waals surface area contributed by atoms with Gasteiger partial charge >= 0.3 is 0 Å². The fraction of sp³-hybridized carbons (Fsp3) is 0.350. The second kappa shape index (κ2) is 8.70. The van der Waals surface area contributed by atoms with Crippen LogP contribution < -0.4 is 10.2 Å². The van der Waals surface area contributed by atoms with Crippen molar-refractivity contribution in [3.63, 3.8) is 0 Å². The molecular formula is C20H24FN3O3S. The fourth-order valence-electron chi connectivity index (χ4n) is 3.21. The lowest BCUT2D eigenvalue weighted by molar-refractivity contribution is 0.0952. The van der Waals surface area contributed by atoms with Gasteiger partial charge in [0.15, 0.2) is 0 Å². The third kappa shape index (κ3) is 4.88. The quantitative estimate of drug-likeness (QED) is 0.798. The summed E-state index contributed by atoms with van der Waals surface area (Å²) in [6, 6.07) is 13.7. The minimum absolute atomic E-state index is 0.0619. The Morgan fingerprint density at radius 3 is 2.46 bits per heavy atom. The average molecular weight is 405 g/mol. The van der Waals surface area contributed by atoms with E-state index in [0.717, 1.165) is 11.3 Å². The molecule has 1 fully saturated rings. The highest BCUT2D eigenvalue weighted by Gasteiger charge is 2.27. The van der Waals surface area contributed by atoms with Crippen molar-refractivity contribution in [3.8, 4) is 0 Å². The van der Waals surface area contributed by atoms with Gasteiger partial charge in [-0.05, 0) is 36.8 Å². The monoisotopic (exact) mass is 405 g/mol.